The molecule has 1 heterocycles. The van der Waals surface area contributed by atoms with E-state index in [9.17, 15) is 0 Å². The molecule has 6 heteroatoms. The number of aromatic nitrogens is 2. The quantitative estimate of drug-likeness (QED) is 0.858. The topological polar surface area (TPSA) is 50.8 Å². The second-order valence-corrected chi connectivity index (χ2v) is 5.18. The zero-order valence-corrected chi connectivity index (χ0v) is 12.8. The van der Waals surface area contributed by atoms with E-state index in [0.717, 1.165) is 15.9 Å². The van der Waals surface area contributed by atoms with Gasteiger partial charge in [-0.3, -0.25) is 4.68 Å². The van der Waals surface area contributed by atoms with Gasteiger partial charge in [0, 0.05) is 7.05 Å². The van der Waals surface area contributed by atoms with Gasteiger partial charge in [-0.05, 0) is 35.0 Å². The summed E-state index contributed by atoms with van der Waals surface area (Å²) in [6.07, 6.45) is 0. The highest BCUT2D eigenvalue weighted by atomic mass is 79.9. The van der Waals surface area contributed by atoms with Crippen molar-refractivity contribution in [3.05, 3.63) is 44.6 Å². The number of hydrogen-bond donors (Lipinski definition) is 0. The lowest BCUT2D eigenvalue weighted by molar-refractivity contribution is 0.293. The first-order chi connectivity index (χ1) is 9.04. The first-order valence-corrected chi connectivity index (χ1v) is 6.71. The van der Waals surface area contributed by atoms with Crippen molar-refractivity contribution in [1.29, 1.82) is 5.26 Å². The van der Waals surface area contributed by atoms with Gasteiger partial charge in [-0.2, -0.15) is 10.4 Å². The van der Waals surface area contributed by atoms with Gasteiger partial charge in [-0.1, -0.05) is 17.7 Å². The number of hydrogen-bond acceptors (Lipinski definition) is 3. The summed E-state index contributed by atoms with van der Waals surface area (Å²) < 4.78 is 8.33. The number of nitrogens with zero attached hydrogens (tertiary/aromatic N) is 3. The highest BCUT2D eigenvalue weighted by molar-refractivity contribution is 9.10. The van der Waals surface area contributed by atoms with Gasteiger partial charge in [-0.15, -0.1) is 0 Å². The lowest BCUT2D eigenvalue weighted by atomic mass is 10.2. The Kier molecular flexibility index (Phi) is 4.13. The van der Waals surface area contributed by atoms with E-state index in [2.05, 4.69) is 21.0 Å². The molecule has 0 bridgehead atoms. The summed E-state index contributed by atoms with van der Waals surface area (Å²) in [6, 6.07) is 7.18. The van der Waals surface area contributed by atoms with E-state index in [-0.39, 0.29) is 0 Å². The molecular formula is C13H11BrClN3O. The number of nitriles is 1. The molecule has 4 nitrogen and oxygen atoms in total. The molecule has 0 atom stereocenters. The third kappa shape index (κ3) is 2.75. The summed E-state index contributed by atoms with van der Waals surface area (Å²) in [6.45, 7) is 2.22. The van der Waals surface area contributed by atoms with Crippen LogP contribution in [-0.2, 0) is 13.7 Å². The largest absolute Gasteiger partial charge is 0.486 e. The zero-order chi connectivity index (χ0) is 14.0. The SMILES string of the molecule is Cc1nn(C)c(COc2cccc(Cl)c2C#N)c1Br. The van der Waals surface area contributed by atoms with E-state index in [4.69, 9.17) is 21.6 Å². The fourth-order valence-corrected chi connectivity index (χ4v) is 2.37. The van der Waals surface area contributed by atoms with Crippen LogP contribution in [0.25, 0.3) is 0 Å². The lowest BCUT2D eigenvalue weighted by Crippen LogP contribution is -2.04. The molecule has 2 aromatic rings. The van der Waals surface area contributed by atoms with Crippen molar-refractivity contribution in [2.24, 2.45) is 7.05 Å². The Labute approximate surface area is 124 Å². The van der Waals surface area contributed by atoms with Crippen LogP contribution in [-0.4, -0.2) is 9.78 Å². The lowest BCUT2D eigenvalue weighted by Gasteiger charge is -2.09. The van der Waals surface area contributed by atoms with E-state index in [1.54, 1.807) is 22.9 Å². The Hall–Kier alpha value is -1.51. The van der Waals surface area contributed by atoms with Crippen molar-refractivity contribution in [3.63, 3.8) is 0 Å². The van der Waals surface area contributed by atoms with Crippen molar-refractivity contribution in [3.8, 4) is 11.8 Å². The average molecular weight is 341 g/mol. The van der Waals surface area contributed by atoms with Crippen LogP contribution in [0.5, 0.6) is 5.75 Å². The Morgan fingerprint density at radius 2 is 2.26 bits per heavy atom. The van der Waals surface area contributed by atoms with Crippen LogP contribution < -0.4 is 4.74 Å². The minimum atomic E-state index is 0.312. The number of halogens is 2. The number of aryl methyl sites for hydroxylation is 2. The monoisotopic (exact) mass is 339 g/mol. The van der Waals surface area contributed by atoms with Crippen molar-refractivity contribution in [1.82, 2.24) is 9.78 Å². The van der Waals surface area contributed by atoms with Crippen molar-refractivity contribution < 1.29 is 4.74 Å². The van der Waals surface area contributed by atoms with Crippen LogP contribution in [0.15, 0.2) is 22.7 Å². The van der Waals surface area contributed by atoms with Gasteiger partial charge >= 0.3 is 0 Å². The second-order valence-electron chi connectivity index (χ2n) is 3.98. The van der Waals surface area contributed by atoms with Gasteiger partial charge in [-0.25, -0.2) is 0 Å². The number of benzene rings is 1. The molecule has 0 aliphatic carbocycles. The predicted molar refractivity (Wildman–Crippen MR) is 76.1 cm³/mol. The van der Waals surface area contributed by atoms with E-state index in [0.29, 0.717) is 22.9 Å². The van der Waals surface area contributed by atoms with Crippen molar-refractivity contribution >= 4 is 27.5 Å². The van der Waals surface area contributed by atoms with Crippen LogP contribution in [0.3, 0.4) is 0 Å². The second kappa shape index (κ2) is 5.64. The zero-order valence-electron chi connectivity index (χ0n) is 10.4. The Morgan fingerprint density at radius 1 is 1.53 bits per heavy atom. The summed E-state index contributed by atoms with van der Waals surface area (Å²) >= 11 is 9.42. The third-order valence-electron chi connectivity index (χ3n) is 2.71. The maximum atomic E-state index is 9.07. The molecule has 0 fully saturated rings. The first-order valence-electron chi connectivity index (χ1n) is 5.54. The molecule has 98 valence electrons. The maximum Gasteiger partial charge on any atom is 0.139 e. The molecule has 0 spiro atoms. The molecule has 2 rings (SSSR count). The van der Waals surface area contributed by atoms with Crippen LogP contribution in [0.2, 0.25) is 5.02 Å². The highest BCUT2D eigenvalue weighted by Crippen LogP contribution is 2.27. The Balaban J connectivity index is 2.25. The summed E-state index contributed by atoms with van der Waals surface area (Å²) in [7, 11) is 1.85. The molecule has 0 amide bonds. The minimum absolute atomic E-state index is 0.312. The molecule has 0 N–H and O–H groups in total. The Morgan fingerprint density at radius 3 is 2.84 bits per heavy atom. The molecule has 1 aromatic carbocycles. The Bertz CT molecular complexity index is 661. The summed E-state index contributed by atoms with van der Waals surface area (Å²) in [4.78, 5) is 0. The van der Waals surface area contributed by atoms with Crippen LogP contribution in [0.1, 0.15) is 17.0 Å². The first kappa shape index (κ1) is 13.9. The molecule has 1 aromatic heterocycles. The standard InChI is InChI=1S/C13H11BrClN3O/c1-8-13(14)11(18(2)17-8)7-19-12-5-3-4-10(15)9(12)6-16/h3-5H,7H2,1-2H3. The molecular weight excluding hydrogens is 330 g/mol. The van der Waals surface area contributed by atoms with Gasteiger partial charge < -0.3 is 4.74 Å². The fraction of sp³-hybridized carbons (Fsp3) is 0.231. The van der Waals surface area contributed by atoms with E-state index < -0.39 is 0 Å². The van der Waals surface area contributed by atoms with E-state index in [1.807, 2.05) is 20.0 Å². The highest BCUT2D eigenvalue weighted by Gasteiger charge is 2.13. The van der Waals surface area contributed by atoms with Gasteiger partial charge in [0.05, 0.1) is 20.9 Å². The van der Waals surface area contributed by atoms with Gasteiger partial charge in [0.1, 0.15) is 24.0 Å². The predicted octanol–water partition coefficient (Wildman–Crippen LogP) is 3.60. The molecule has 19 heavy (non-hydrogen) atoms. The molecule has 0 saturated heterocycles. The molecule has 0 aliphatic heterocycles. The van der Waals surface area contributed by atoms with E-state index in [1.165, 1.54) is 0 Å². The molecule has 0 unspecified atom stereocenters. The summed E-state index contributed by atoms with van der Waals surface area (Å²) in [5.74, 6) is 0.473. The van der Waals surface area contributed by atoms with Crippen LogP contribution in [0.4, 0.5) is 0 Å². The van der Waals surface area contributed by atoms with Gasteiger partial charge in [0.2, 0.25) is 0 Å². The van der Waals surface area contributed by atoms with Crippen LogP contribution >= 0.6 is 27.5 Å². The number of rotatable bonds is 3. The van der Waals surface area contributed by atoms with E-state index >= 15 is 0 Å². The van der Waals surface area contributed by atoms with Crippen LogP contribution in [0, 0.1) is 18.3 Å². The normalized spacial score (nSPS) is 10.3. The van der Waals surface area contributed by atoms with Crippen molar-refractivity contribution in [2.45, 2.75) is 13.5 Å². The third-order valence-corrected chi connectivity index (χ3v) is 4.06. The average Bonchev–Trinajstić information content (AvgIpc) is 2.61. The smallest absolute Gasteiger partial charge is 0.139 e. The molecule has 0 aliphatic rings. The fourth-order valence-electron chi connectivity index (χ4n) is 1.72. The summed E-state index contributed by atoms with van der Waals surface area (Å²) in [5.41, 5.74) is 2.15. The maximum absolute atomic E-state index is 9.07. The van der Waals surface area contributed by atoms with Gasteiger partial charge in [0.25, 0.3) is 0 Å². The van der Waals surface area contributed by atoms with Crippen molar-refractivity contribution in [2.75, 3.05) is 0 Å². The van der Waals surface area contributed by atoms with Gasteiger partial charge in [0.15, 0.2) is 0 Å². The number of ether oxygens (including phenoxy) is 1. The summed E-state index contributed by atoms with van der Waals surface area (Å²) in [5, 5.41) is 13.7. The molecule has 0 saturated carbocycles. The molecule has 0 radical (unpaired) electrons. The minimum Gasteiger partial charge on any atom is -0.486 e.